The molecule has 0 amide bonds. The molecule has 0 spiro atoms. The molecule has 7 nitrogen and oxygen atoms in total. The van der Waals surface area contributed by atoms with Gasteiger partial charge in [-0.05, 0) is 19.1 Å². The van der Waals surface area contributed by atoms with Gasteiger partial charge >= 0.3 is 0 Å². The monoisotopic (exact) mass is 344 g/mol. The summed E-state index contributed by atoms with van der Waals surface area (Å²) in [6.45, 7) is 5.00. The van der Waals surface area contributed by atoms with Gasteiger partial charge in [0.25, 0.3) is 10.1 Å². The summed E-state index contributed by atoms with van der Waals surface area (Å²) in [5.41, 5.74) is 0.920. The van der Waals surface area contributed by atoms with E-state index in [-0.39, 0.29) is 11.5 Å². The third kappa shape index (κ3) is 4.37. The maximum Gasteiger partial charge on any atom is 0.297 e. The van der Waals surface area contributed by atoms with E-state index in [0.717, 1.165) is 5.56 Å². The molecule has 0 saturated carbocycles. The van der Waals surface area contributed by atoms with Gasteiger partial charge in [-0.1, -0.05) is 23.8 Å². The highest BCUT2D eigenvalue weighted by molar-refractivity contribution is 7.86. The van der Waals surface area contributed by atoms with Crippen LogP contribution in [0.2, 0.25) is 0 Å². The van der Waals surface area contributed by atoms with E-state index < -0.39 is 41.3 Å². The quantitative estimate of drug-likeness (QED) is 0.543. The largest absolute Gasteiger partial charge is 0.387 e. The smallest absolute Gasteiger partial charge is 0.297 e. The Morgan fingerprint density at radius 2 is 1.91 bits per heavy atom. The van der Waals surface area contributed by atoms with Crippen molar-refractivity contribution in [2.75, 3.05) is 13.2 Å². The molecule has 1 heterocycles. The fourth-order valence-electron chi connectivity index (χ4n) is 2.08. The van der Waals surface area contributed by atoms with Crippen LogP contribution < -0.4 is 0 Å². The molecule has 1 aliphatic rings. The molecule has 0 radical (unpaired) electrons. The van der Waals surface area contributed by atoms with Crippen molar-refractivity contribution in [3.05, 3.63) is 42.5 Å². The van der Waals surface area contributed by atoms with Gasteiger partial charge in [-0.15, -0.1) is 6.58 Å². The maximum absolute atomic E-state index is 12.1. The van der Waals surface area contributed by atoms with Gasteiger partial charge in [0.15, 0.2) is 6.29 Å². The molecule has 1 saturated heterocycles. The van der Waals surface area contributed by atoms with Crippen molar-refractivity contribution >= 4 is 10.1 Å². The number of ether oxygens (including phenoxy) is 2. The summed E-state index contributed by atoms with van der Waals surface area (Å²) in [7, 11) is -3.97. The maximum atomic E-state index is 12.1. The van der Waals surface area contributed by atoms with Crippen molar-refractivity contribution in [3.63, 3.8) is 0 Å². The number of rotatable bonds is 7. The molecule has 0 aliphatic carbocycles. The van der Waals surface area contributed by atoms with Crippen molar-refractivity contribution in [1.82, 2.24) is 0 Å². The fraction of sp³-hybridized carbons (Fsp3) is 0.467. The second-order valence-electron chi connectivity index (χ2n) is 5.20. The molecule has 1 fully saturated rings. The molecule has 1 aromatic carbocycles. The van der Waals surface area contributed by atoms with E-state index in [1.165, 1.54) is 18.2 Å². The second kappa shape index (κ2) is 7.52. The second-order valence-corrected chi connectivity index (χ2v) is 6.81. The van der Waals surface area contributed by atoms with Gasteiger partial charge in [-0.3, -0.25) is 4.18 Å². The minimum atomic E-state index is -3.97. The van der Waals surface area contributed by atoms with Crippen LogP contribution in [0.4, 0.5) is 0 Å². The Hall–Kier alpha value is -1.29. The van der Waals surface area contributed by atoms with Gasteiger partial charge in [0.1, 0.15) is 18.3 Å². The van der Waals surface area contributed by atoms with Crippen LogP contribution in [0.1, 0.15) is 5.56 Å². The van der Waals surface area contributed by atoms with Gasteiger partial charge in [-0.2, -0.15) is 8.42 Å². The summed E-state index contributed by atoms with van der Waals surface area (Å²) in [5, 5.41) is 19.7. The zero-order valence-electron chi connectivity index (χ0n) is 12.7. The average molecular weight is 344 g/mol. The van der Waals surface area contributed by atoms with E-state index in [4.69, 9.17) is 13.7 Å². The highest BCUT2D eigenvalue weighted by Crippen LogP contribution is 2.24. The van der Waals surface area contributed by atoms with Gasteiger partial charge in [0.2, 0.25) is 0 Å². The number of aliphatic hydroxyl groups is 2. The average Bonchev–Trinajstić information content (AvgIpc) is 2.79. The Morgan fingerprint density at radius 3 is 2.52 bits per heavy atom. The zero-order valence-corrected chi connectivity index (χ0v) is 13.5. The van der Waals surface area contributed by atoms with Crippen molar-refractivity contribution in [2.24, 2.45) is 0 Å². The van der Waals surface area contributed by atoms with E-state index in [0.29, 0.717) is 0 Å². The molecule has 128 valence electrons. The molecule has 0 aromatic heterocycles. The van der Waals surface area contributed by atoms with Crippen LogP contribution in [0.5, 0.6) is 0 Å². The van der Waals surface area contributed by atoms with Crippen molar-refractivity contribution in [2.45, 2.75) is 36.4 Å². The van der Waals surface area contributed by atoms with Gasteiger partial charge < -0.3 is 19.7 Å². The molecule has 8 heteroatoms. The fourth-order valence-corrected chi connectivity index (χ4v) is 3.00. The van der Waals surface area contributed by atoms with Crippen molar-refractivity contribution in [1.29, 1.82) is 0 Å². The Labute approximate surface area is 135 Å². The zero-order chi connectivity index (χ0) is 17.0. The predicted octanol–water partition coefficient (Wildman–Crippen LogP) is 0.350. The summed E-state index contributed by atoms with van der Waals surface area (Å²) in [5.74, 6) is 0. The summed E-state index contributed by atoms with van der Waals surface area (Å²) < 4.78 is 39.5. The summed E-state index contributed by atoms with van der Waals surface area (Å²) in [4.78, 5) is 0.00981. The lowest BCUT2D eigenvalue weighted by molar-refractivity contribution is -0.161. The Balaban J connectivity index is 1.97. The van der Waals surface area contributed by atoms with Crippen LogP contribution in [0.15, 0.2) is 41.8 Å². The topological polar surface area (TPSA) is 102 Å². The standard InChI is InChI=1S/C15H20O7S/c1-3-8-20-15-14(17)13(16)12(22-15)9-21-23(18,19)11-6-4-10(2)5-7-11/h3-7,12-17H,1,8-9H2,2H3/t12-,13-,14-,15?/m1/s1. The van der Waals surface area contributed by atoms with Crippen molar-refractivity contribution < 1.29 is 32.3 Å². The van der Waals surface area contributed by atoms with Crippen LogP contribution in [0, 0.1) is 6.92 Å². The van der Waals surface area contributed by atoms with Crippen LogP contribution in [-0.4, -0.2) is 56.4 Å². The van der Waals surface area contributed by atoms with E-state index >= 15 is 0 Å². The Kier molecular flexibility index (Phi) is 5.90. The molecule has 1 aromatic rings. The first-order valence-electron chi connectivity index (χ1n) is 7.05. The third-order valence-electron chi connectivity index (χ3n) is 3.39. The number of benzene rings is 1. The number of aryl methyl sites for hydroxylation is 1. The lowest BCUT2D eigenvalue weighted by atomic mass is 10.1. The first-order chi connectivity index (χ1) is 10.8. The first-order valence-corrected chi connectivity index (χ1v) is 8.46. The molecule has 2 rings (SSSR count). The Bertz CT molecular complexity index is 626. The minimum Gasteiger partial charge on any atom is -0.387 e. The van der Waals surface area contributed by atoms with Crippen LogP contribution in [0.25, 0.3) is 0 Å². The van der Waals surface area contributed by atoms with Crippen LogP contribution >= 0.6 is 0 Å². The third-order valence-corrected chi connectivity index (χ3v) is 4.69. The summed E-state index contributed by atoms with van der Waals surface area (Å²) >= 11 is 0. The van der Waals surface area contributed by atoms with E-state index in [1.54, 1.807) is 12.1 Å². The summed E-state index contributed by atoms with van der Waals surface area (Å²) in [6, 6.07) is 6.17. The normalized spacial score (nSPS) is 28.0. The van der Waals surface area contributed by atoms with Gasteiger partial charge in [-0.25, -0.2) is 0 Å². The SMILES string of the molecule is C=CCOC1O[C@H](COS(=O)(=O)c2ccc(C)cc2)[C@@H](O)[C@H]1O. The number of hydrogen-bond acceptors (Lipinski definition) is 7. The van der Waals surface area contributed by atoms with Crippen LogP contribution in [-0.2, 0) is 23.8 Å². The summed E-state index contributed by atoms with van der Waals surface area (Å²) in [6.07, 6.45) is -3.20. The molecule has 4 atom stereocenters. The van der Waals surface area contributed by atoms with Crippen LogP contribution in [0.3, 0.4) is 0 Å². The lowest BCUT2D eigenvalue weighted by Gasteiger charge is -2.14. The first kappa shape index (κ1) is 18.1. The molecule has 2 N–H and O–H groups in total. The number of aliphatic hydroxyl groups excluding tert-OH is 2. The highest BCUT2D eigenvalue weighted by atomic mass is 32.2. The van der Waals surface area contributed by atoms with Gasteiger partial charge in [0.05, 0.1) is 18.1 Å². The van der Waals surface area contributed by atoms with E-state index in [1.807, 2.05) is 6.92 Å². The lowest BCUT2D eigenvalue weighted by Crippen LogP contribution is -2.35. The minimum absolute atomic E-state index is 0.00981. The number of hydrogen-bond donors (Lipinski definition) is 2. The molecule has 1 unspecified atom stereocenters. The van der Waals surface area contributed by atoms with Crippen molar-refractivity contribution in [3.8, 4) is 0 Å². The van der Waals surface area contributed by atoms with Gasteiger partial charge in [0, 0.05) is 0 Å². The molecular weight excluding hydrogens is 324 g/mol. The molecule has 0 bridgehead atoms. The predicted molar refractivity (Wildman–Crippen MR) is 81.1 cm³/mol. The highest BCUT2D eigenvalue weighted by Gasteiger charge is 2.44. The van der Waals surface area contributed by atoms with E-state index in [2.05, 4.69) is 6.58 Å². The molecular formula is C15H20O7S. The Morgan fingerprint density at radius 1 is 1.26 bits per heavy atom. The molecule has 1 aliphatic heterocycles. The molecule has 23 heavy (non-hydrogen) atoms. The van der Waals surface area contributed by atoms with E-state index in [9.17, 15) is 18.6 Å².